The molecule has 6 heteroatoms. The quantitative estimate of drug-likeness (QED) is 0.724. The van der Waals surface area contributed by atoms with Crippen LogP contribution in [-0.2, 0) is 9.53 Å². The number of allylic oxidation sites excluding steroid dienone is 1. The summed E-state index contributed by atoms with van der Waals surface area (Å²) in [6.45, 7) is 3.88. The van der Waals surface area contributed by atoms with Gasteiger partial charge < -0.3 is 10.1 Å². The number of hydrogen-bond donors (Lipinski definition) is 1. The molecule has 2 aromatic carbocycles. The molecule has 0 saturated carbocycles. The molecule has 5 nitrogen and oxygen atoms in total. The number of ether oxygens (including phenoxy) is 1. The topological polar surface area (TPSA) is 56.1 Å². The van der Waals surface area contributed by atoms with Crippen molar-refractivity contribution >= 4 is 23.0 Å². The van der Waals surface area contributed by atoms with Gasteiger partial charge in [0.2, 0.25) is 5.95 Å². The lowest BCUT2D eigenvalue weighted by molar-refractivity contribution is -0.139. The predicted octanol–water partition coefficient (Wildman–Crippen LogP) is 4.03. The van der Waals surface area contributed by atoms with Crippen molar-refractivity contribution in [1.29, 1.82) is 0 Å². The van der Waals surface area contributed by atoms with E-state index in [0.717, 1.165) is 16.6 Å². The molecule has 0 amide bonds. The van der Waals surface area contributed by atoms with Crippen LogP contribution in [-0.4, -0.2) is 22.1 Å². The van der Waals surface area contributed by atoms with Gasteiger partial charge in [0.25, 0.3) is 0 Å². The fraction of sp³-hybridized carbons (Fsp3) is 0.200. The maximum atomic E-state index is 13.5. The van der Waals surface area contributed by atoms with E-state index in [-0.39, 0.29) is 12.4 Å². The minimum absolute atomic E-state index is 0.281. The number of esters is 1. The van der Waals surface area contributed by atoms with Crippen molar-refractivity contribution in [2.45, 2.75) is 19.9 Å². The lowest BCUT2D eigenvalue weighted by Crippen LogP contribution is -2.29. The van der Waals surface area contributed by atoms with Crippen molar-refractivity contribution in [2.24, 2.45) is 0 Å². The minimum atomic E-state index is -0.446. The molecule has 26 heavy (non-hydrogen) atoms. The van der Waals surface area contributed by atoms with Gasteiger partial charge in [-0.15, -0.1) is 0 Å². The molecule has 0 spiro atoms. The van der Waals surface area contributed by atoms with Crippen LogP contribution in [0.3, 0.4) is 0 Å². The molecule has 0 aliphatic carbocycles. The Morgan fingerprint density at radius 1 is 1.23 bits per heavy atom. The van der Waals surface area contributed by atoms with Crippen LogP contribution < -0.4 is 5.32 Å². The van der Waals surface area contributed by atoms with Gasteiger partial charge in [0.15, 0.2) is 0 Å². The molecule has 0 unspecified atom stereocenters. The molecule has 0 fully saturated rings. The second-order valence-corrected chi connectivity index (χ2v) is 6.13. The Morgan fingerprint density at radius 3 is 2.69 bits per heavy atom. The maximum absolute atomic E-state index is 13.5. The van der Waals surface area contributed by atoms with Crippen molar-refractivity contribution in [3.63, 3.8) is 0 Å². The first-order valence-electron chi connectivity index (χ1n) is 8.47. The van der Waals surface area contributed by atoms with Gasteiger partial charge in [-0.1, -0.05) is 24.3 Å². The Bertz CT molecular complexity index is 1020. The second-order valence-electron chi connectivity index (χ2n) is 6.13. The molecule has 2 heterocycles. The summed E-state index contributed by atoms with van der Waals surface area (Å²) in [7, 11) is 0. The number of imidazole rings is 1. The Labute approximate surface area is 150 Å². The SMILES string of the molecule is CCOC(=O)C1=C(C)Nc2nc3ccccc3n2[C@H]1c1ccc(F)cc1. The first-order valence-corrected chi connectivity index (χ1v) is 8.47. The number of halogens is 1. The average molecular weight is 351 g/mol. The highest BCUT2D eigenvalue weighted by Gasteiger charge is 2.34. The normalized spacial score (nSPS) is 16.3. The highest BCUT2D eigenvalue weighted by atomic mass is 19.1. The molecule has 1 aliphatic heterocycles. The third kappa shape index (κ3) is 2.54. The molecular weight excluding hydrogens is 333 g/mol. The summed E-state index contributed by atoms with van der Waals surface area (Å²) in [4.78, 5) is 17.3. The molecule has 0 radical (unpaired) electrons. The molecule has 3 aromatic rings. The number of aromatic nitrogens is 2. The van der Waals surface area contributed by atoms with Gasteiger partial charge in [-0.05, 0) is 43.7 Å². The van der Waals surface area contributed by atoms with Crippen LogP contribution in [0.1, 0.15) is 25.5 Å². The lowest BCUT2D eigenvalue weighted by Gasteiger charge is -2.30. The van der Waals surface area contributed by atoms with E-state index in [9.17, 15) is 9.18 Å². The molecule has 132 valence electrons. The summed E-state index contributed by atoms with van der Waals surface area (Å²) in [6.07, 6.45) is 0. The van der Waals surface area contributed by atoms with Crippen LogP contribution in [0.2, 0.25) is 0 Å². The average Bonchev–Trinajstić information content (AvgIpc) is 2.99. The van der Waals surface area contributed by atoms with Crippen LogP contribution in [0.4, 0.5) is 10.3 Å². The number of hydrogen-bond acceptors (Lipinski definition) is 4. The van der Waals surface area contributed by atoms with Gasteiger partial charge in [-0.2, -0.15) is 0 Å². The largest absolute Gasteiger partial charge is 0.463 e. The number of nitrogens with one attached hydrogen (secondary N) is 1. The first-order chi connectivity index (χ1) is 12.6. The van der Waals surface area contributed by atoms with E-state index in [4.69, 9.17) is 4.74 Å². The van der Waals surface area contributed by atoms with Crippen molar-refractivity contribution in [1.82, 2.24) is 9.55 Å². The fourth-order valence-electron chi connectivity index (χ4n) is 3.40. The van der Waals surface area contributed by atoms with Gasteiger partial charge in [0, 0.05) is 5.70 Å². The smallest absolute Gasteiger partial charge is 0.338 e. The van der Waals surface area contributed by atoms with E-state index in [1.54, 1.807) is 19.1 Å². The highest BCUT2D eigenvalue weighted by molar-refractivity contribution is 5.94. The molecule has 0 saturated heterocycles. The summed E-state index contributed by atoms with van der Waals surface area (Å²) >= 11 is 0. The summed E-state index contributed by atoms with van der Waals surface area (Å²) in [5.74, 6) is -0.0712. The molecule has 4 rings (SSSR count). The summed E-state index contributed by atoms with van der Waals surface area (Å²) in [6, 6.07) is 13.4. The summed E-state index contributed by atoms with van der Waals surface area (Å²) in [5.41, 5.74) is 3.67. The van der Waals surface area contributed by atoms with E-state index >= 15 is 0 Å². The number of anilines is 1. The van der Waals surface area contributed by atoms with E-state index in [2.05, 4.69) is 10.3 Å². The van der Waals surface area contributed by atoms with Gasteiger partial charge in [0.1, 0.15) is 5.82 Å². The van der Waals surface area contributed by atoms with E-state index in [0.29, 0.717) is 17.2 Å². The maximum Gasteiger partial charge on any atom is 0.338 e. The third-order valence-electron chi connectivity index (χ3n) is 4.51. The first kappa shape index (κ1) is 16.3. The Balaban J connectivity index is 1.97. The second kappa shape index (κ2) is 6.29. The highest BCUT2D eigenvalue weighted by Crippen LogP contribution is 2.39. The molecule has 1 aliphatic rings. The minimum Gasteiger partial charge on any atom is -0.463 e. The van der Waals surface area contributed by atoms with Gasteiger partial charge in [-0.3, -0.25) is 4.57 Å². The van der Waals surface area contributed by atoms with Crippen LogP contribution in [0.15, 0.2) is 59.8 Å². The van der Waals surface area contributed by atoms with Gasteiger partial charge >= 0.3 is 5.97 Å². The van der Waals surface area contributed by atoms with Gasteiger partial charge in [-0.25, -0.2) is 14.2 Å². The van der Waals surface area contributed by atoms with Crippen molar-refractivity contribution in [3.05, 3.63) is 71.2 Å². The lowest BCUT2D eigenvalue weighted by atomic mass is 9.95. The number of carbonyl (C=O) groups excluding carboxylic acids is 1. The number of benzene rings is 2. The van der Waals surface area contributed by atoms with E-state index < -0.39 is 12.0 Å². The summed E-state index contributed by atoms with van der Waals surface area (Å²) < 4.78 is 20.7. The van der Waals surface area contributed by atoms with Crippen LogP contribution in [0.25, 0.3) is 11.0 Å². The third-order valence-corrected chi connectivity index (χ3v) is 4.51. The zero-order valence-electron chi connectivity index (χ0n) is 14.5. The predicted molar refractivity (Wildman–Crippen MR) is 97.2 cm³/mol. The number of fused-ring (bicyclic) bond motifs is 3. The van der Waals surface area contributed by atoms with Crippen molar-refractivity contribution in [2.75, 3.05) is 11.9 Å². The monoisotopic (exact) mass is 351 g/mol. The molecule has 1 aromatic heterocycles. The van der Waals surface area contributed by atoms with Crippen LogP contribution in [0.5, 0.6) is 0 Å². The number of nitrogens with zero attached hydrogens (tertiary/aromatic N) is 2. The van der Waals surface area contributed by atoms with Crippen LogP contribution >= 0.6 is 0 Å². The number of para-hydroxylation sites is 2. The van der Waals surface area contributed by atoms with Crippen molar-refractivity contribution < 1.29 is 13.9 Å². The van der Waals surface area contributed by atoms with Crippen LogP contribution in [0, 0.1) is 5.82 Å². The standard InChI is InChI=1S/C20H18FN3O2/c1-3-26-19(25)17-12(2)22-20-23-15-6-4-5-7-16(15)24(20)18(17)13-8-10-14(21)11-9-13/h4-11,18H,3H2,1-2H3,(H,22,23)/t18-/m0/s1. The fourth-order valence-corrected chi connectivity index (χ4v) is 3.40. The number of carbonyl (C=O) groups is 1. The molecule has 0 bridgehead atoms. The molecule has 1 atom stereocenters. The van der Waals surface area contributed by atoms with E-state index in [1.807, 2.05) is 35.8 Å². The van der Waals surface area contributed by atoms with E-state index in [1.165, 1.54) is 12.1 Å². The number of rotatable bonds is 3. The Kier molecular flexibility index (Phi) is 3.95. The van der Waals surface area contributed by atoms with Crippen molar-refractivity contribution in [3.8, 4) is 0 Å². The zero-order valence-corrected chi connectivity index (χ0v) is 14.5. The molecular formula is C20H18FN3O2. The van der Waals surface area contributed by atoms with Gasteiger partial charge in [0.05, 0.1) is 29.3 Å². The Hall–Kier alpha value is -3.15. The zero-order chi connectivity index (χ0) is 18.3. The Morgan fingerprint density at radius 2 is 1.96 bits per heavy atom. The summed E-state index contributed by atoms with van der Waals surface area (Å²) in [5, 5.41) is 3.21. The molecule has 1 N–H and O–H groups in total.